The number of benzene rings is 1. The van der Waals surface area contributed by atoms with E-state index in [2.05, 4.69) is 20.9 Å². The normalized spacial score (nSPS) is 11.1. The van der Waals surface area contributed by atoms with E-state index in [9.17, 15) is 4.39 Å². The zero-order valence-corrected chi connectivity index (χ0v) is 11.3. The molecule has 0 aliphatic carbocycles. The van der Waals surface area contributed by atoms with E-state index >= 15 is 0 Å². The lowest BCUT2D eigenvalue weighted by atomic mass is 10.2. The number of nitrogens with zero attached hydrogens (tertiary/aromatic N) is 2. The van der Waals surface area contributed by atoms with Gasteiger partial charge in [-0.25, -0.2) is 9.37 Å². The SMILES string of the molecule is Cc1cc(Br)cn2cc(-c3ccc(F)cc3)nc12. The number of hydrogen-bond acceptors (Lipinski definition) is 1. The van der Waals surface area contributed by atoms with Gasteiger partial charge in [0, 0.05) is 22.4 Å². The van der Waals surface area contributed by atoms with Gasteiger partial charge in [0.1, 0.15) is 11.5 Å². The summed E-state index contributed by atoms with van der Waals surface area (Å²) in [7, 11) is 0. The second-order valence-corrected chi connectivity index (χ2v) is 5.12. The average Bonchev–Trinajstić information content (AvgIpc) is 2.74. The van der Waals surface area contributed by atoms with Gasteiger partial charge >= 0.3 is 0 Å². The quantitative estimate of drug-likeness (QED) is 0.658. The third-order valence-electron chi connectivity index (χ3n) is 2.84. The molecule has 4 heteroatoms. The van der Waals surface area contributed by atoms with Gasteiger partial charge in [-0.1, -0.05) is 0 Å². The molecule has 0 spiro atoms. The van der Waals surface area contributed by atoms with E-state index in [-0.39, 0.29) is 5.82 Å². The van der Waals surface area contributed by atoms with Crippen LogP contribution in [0.4, 0.5) is 4.39 Å². The van der Waals surface area contributed by atoms with Crippen LogP contribution in [-0.4, -0.2) is 9.38 Å². The van der Waals surface area contributed by atoms with Crippen LogP contribution in [0.5, 0.6) is 0 Å². The van der Waals surface area contributed by atoms with E-state index < -0.39 is 0 Å². The van der Waals surface area contributed by atoms with Gasteiger partial charge < -0.3 is 4.40 Å². The molecule has 0 fully saturated rings. The van der Waals surface area contributed by atoms with Crippen molar-refractivity contribution in [3.05, 3.63) is 58.6 Å². The Morgan fingerprint density at radius 3 is 2.61 bits per heavy atom. The molecule has 0 saturated heterocycles. The minimum atomic E-state index is -0.235. The van der Waals surface area contributed by atoms with E-state index in [1.165, 1.54) is 12.1 Å². The summed E-state index contributed by atoms with van der Waals surface area (Å²) in [6.07, 6.45) is 3.91. The standard InChI is InChI=1S/C14H10BrFN2/c1-9-6-11(15)7-18-8-13(17-14(9)18)10-2-4-12(16)5-3-10/h2-8H,1H3. The van der Waals surface area contributed by atoms with Crippen molar-refractivity contribution in [1.29, 1.82) is 0 Å². The van der Waals surface area contributed by atoms with Crippen LogP contribution in [-0.2, 0) is 0 Å². The maximum atomic E-state index is 12.9. The molecule has 0 amide bonds. The van der Waals surface area contributed by atoms with E-state index in [4.69, 9.17) is 0 Å². The molecule has 0 aliphatic heterocycles. The number of rotatable bonds is 1. The number of aryl methyl sites for hydroxylation is 1. The minimum absolute atomic E-state index is 0.235. The number of hydrogen-bond donors (Lipinski definition) is 0. The van der Waals surface area contributed by atoms with Crippen LogP contribution in [0.25, 0.3) is 16.9 Å². The smallest absolute Gasteiger partial charge is 0.140 e. The molecule has 3 rings (SSSR count). The topological polar surface area (TPSA) is 17.3 Å². The highest BCUT2D eigenvalue weighted by Crippen LogP contribution is 2.23. The third-order valence-corrected chi connectivity index (χ3v) is 3.28. The molecule has 0 N–H and O–H groups in total. The molecule has 18 heavy (non-hydrogen) atoms. The van der Waals surface area contributed by atoms with Crippen molar-refractivity contribution in [3.8, 4) is 11.3 Å². The Labute approximate surface area is 112 Å². The molecule has 0 bridgehead atoms. The van der Waals surface area contributed by atoms with Crippen molar-refractivity contribution in [1.82, 2.24) is 9.38 Å². The van der Waals surface area contributed by atoms with Crippen LogP contribution in [0, 0.1) is 12.7 Å². The first-order chi connectivity index (χ1) is 8.63. The Bertz CT molecular complexity index is 716. The molecule has 2 nitrogen and oxygen atoms in total. The molecule has 2 heterocycles. The van der Waals surface area contributed by atoms with Gasteiger partial charge in [-0.2, -0.15) is 0 Å². The Morgan fingerprint density at radius 1 is 1.17 bits per heavy atom. The first-order valence-corrected chi connectivity index (χ1v) is 6.33. The highest BCUT2D eigenvalue weighted by molar-refractivity contribution is 9.10. The van der Waals surface area contributed by atoms with Crippen LogP contribution in [0.3, 0.4) is 0 Å². The van der Waals surface area contributed by atoms with Crippen molar-refractivity contribution in [2.75, 3.05) is 0 Å². The maximum absolute atomic E-state index is 12.9. The molecule has 0 unspecified atom stereocenters. The summed E-state index contributed by atoms with van der Waals surface area (Å²) in [5.41, 5.74) is 3.77. The van der Waals surface area contributed by atoms with Crippen LogP contribution < -0.4 is 0 Å². The number of halogens is 2. The molecule has 0 aliphatic rings. The fraction of sp³-hybridized carbons (Fsp3) is 0.0714. The van der Waals surface area contributed by atoms with Crippen molar-refractivity contribution < 1.29 is 4.39 Å². The Balaban J connectivity index is 2.19. The van der Waals surface area contributed by atoms with Crippen molar-refractivity contribution >= 4 is 21.6 Å². The zero-order valence-electron chi connectivity index (χ0n) is 9.69. The lowest BCUT2D eigenvalue weighted by Gasteiger charge is -1.97. The molecule has 0 atom stereocenters. The second kappa shape index (κ2) is 4.21. The summed E-state index contributed by atoms with van der Waals surface area (Å²) in [4.78, 5) is 4.57. The summed E-state index contributed by atoms with van der Waals surface area (Å²) in [6, 6.07) is 8.39. The largest absolute Gasteiger partial charge is 0.305 e. The number of pyridine rings is 1. The first kappa shape index (κ1) is 11.4. The highest BCUT2D eigenvalue weighted by Gasteiger charge is 2.07. The van der Waals surface area contributed by atoms with Crippen molar-refractivity contribution in [2.45, 2.75) is 6.92 Å². The van der Waals surface area contributed by atoms with Gasteiger partial charge in [0.2, 0.25) is 0 Å². The number of imidazole rings is 1. The molecule has 90 valence electrons. The molecule has 0 radical (unpaired) electrons. The summed E-state index contributed by atoms with van der Waals surface area (Å²) < 4.78 is 15.9. The monoisotopic (exact) mass is 304 g/mol. The lowest BCUT2D eigenvalue weighted by Crippen LogP contribution is -1.86. The summed E-state index contributed by atoms with van der Waals surface area (Å²) in [5.74, 6) is -0.235. The van der Waals surface area contributed by atoms with E-state index in [0.717, 1.165) is 26.9 Å². The Morgan fingerprint density at radius 2 is 1.89 bits per heavy atom. The summed E-state index contributed by atoms with van der Waals surface area (Å²) in [6.45, 7) is 2.02. The molecule has 3 aromatic rings. The predicted octanol–water partition coefficient (Wildman–Crippen LogP) is 4.21. The van der Waals surface area contributed by atoms with Crippen molar-refractivity contribution in [3.63, 3.8) is 0 Å². The van der Waals surface area contributed by atoms with Gasteiger partial charge in [0.25, 0.3) is 0 Å². The van der Waals surface area contributed by atoms with Crippen LogP contribution in [0.1, 0.15) is 5.56 Å². The van der Waals surface area contributed by atoms with Gasteiger partial charge in [0.05, 0.1) is 5.69 Å². The minimum Gasteiger partial charge on any atom is -0.305 e. The predicted molar refractivity (Wildman–Crippen MR) is 73.0 cm³/mol. The fourth-order valence-corrected chi connectivity index (χ4v) is 2.55. The molecule has 2 aromatic heterocycles. The van der Waals surface area contributed by atoms with Gasteiger partial charge in [-0.15, -0.1) is 0 Å². The van der Waals surface area contributed by atoms with E-state index in [1.807, 2.05) is 29.8 Å². The van der Waals surface area contributed by atoms with E-state index in [0.29, 0.717) is 0 Å². The molecular weight excluding hydrogens is 295 g/mol. The van der Waals surface area contributed by atoms with Crippen molar-refractivity contribution in [2.24, 2.45) is 0 Å². The zero-order chi connectivity index (χ0) is 12.7. The van der Waals surface area contributed by atoms with Crippen LogP contribution in [0.2, 0.25) is 0 Å². The lowest BCUT2D eigenvalue weighted by molar-refractivity contribution is 0.628. The second-order valence-electron chi connectivity index (χ2n) is 4.21. The van der Waals surface area contributed by atoms with Gasteiger partial charge in [0.15, 0.2) is 0 Å². The highest BCUT2D eigenvalue weighted by atomic mass is 79.9. The van der Waals surface area contributed by atoms with Crippen LogP contribution in [0.15, 0.2) is 47.2 Å². The Hall–Kier alpha value is -1.68. The molecule has 0 saturated carbocycles. The first-order valence-electron chi connectivity index (χ1n) is 5.54. The average molecular weight is 305 g/mol. The number of fused-ring (bicyclic) bond motifs is 1. The van der Waals surface area contributed by atoms with Gasteiger partial charge in [-0.05, 0) is 58.7 Å². The third kappa shape index (κ3) is 1.93. The summed E-state index contributed by atoms with van der Waals surface area (Å²) >= 11 is 3.46. The maximum Gasteiger partial charge on any atom is 0.140 e. The van der Waals surface area contributed by atoms with E-state index in [1.54, 1.807) is 12.1 Å². The fourth-order valence-electron chi connectivity index (χ4n) is 1.99. The molecular formula is C14H10BrFN2. The summed E-state index contributed by atoms with van der Waals surface area (Å²) in [5, 5.41) is 0. The Kier molecular flexibility index (Phi) is 2.67. The van der Waals surface area contributed by atoms with Crippen LogP contribution >= 0.6 is 15.9 Å². The molecule has 1 aromatic carbocycles. The number of aromatic nitrogens is 2. The van der Waals surface area contributed by atoms with Gasteiger partial charge in [-0.3, -0.25) is 0 Å².